The summed E-state index contributed by atoms with van der Waals surface area (Å²) in [6, 6.07) is 11.7. The maximum atomic E-state index is 13.7. The van der Waals surface area contributed by atoms with Crippen molar-refractivity contribution in [3.8, 4) is 11.5 Å². The summed E-state index contributed by atoms with van der Waals surface area (Å²) in [5.41, 5.74) is 4.03. The molecule has 7 heteroatoms. The van der Waals surface area contributed by atoms with Crippen LogP contribution in [0.1, 0.15) is 62.5 Å². The number of carbonyl (C=O) groups is 2. The molecule has 36 heavy (non-hydrogen) atoms. The van der Waals surface area contributed by atoms with Crippen molar-refractivity contribution < 1.29 is 28.2 Å². The smallest absolute Gasteiger partial charge is 0.336 e. The van der Waals surface area contributed by atoms with Gasteiger partial charge in [0.15, 0.2) is 17.3 Å². The number of halogens is 1. The van der Waals surface area contributed by atoms with Gasteiger partial charge in [-0.05, 0) is 61.1 Å². The molecule has 6 nitrogen and oxygen atoms in total. The molecule has 2 aromatic carbocycles. The number of hydrogen-bond donors (Lipinski definition) is 1. The summed E-state index contributed by atoms with van der Waals surface area (Å²) in [6.07, 6.45) is 2.53. The Kier molecular flexibility index (Phi) is 7.77. The van der Waals surface area contributed by atoms with E-state index in [1.807, 2.05) is 32.0 Å². The van der Waals surface area contributed by atoms with E-state index >= 15 is 0 Å². The van der Waals surface area contributed by atoms with Crippen LogP contribution in [0, 0.1) is 5.82 Å². The number of ketones is 1. The Morgan fingerprint density at radius 1 is 1.03 bits per heavy atom. The molecule has 1 N–H and O–H groups in total. The number of ether oxygens (including phenoxy) is 3. The van der Waals surface area contributed by atoms with E-state index in [0.717, 1.165) is 24.1 Å². The Morgan fingerprint density at radius 3 is 2.39 bits per heavy atom. The van der Waals surface area contributed by atoms with Crippen LogP contribution >= 0.6 is 0 Å². The normalized spacial score (nSPS) is 19.5. The molecule has 0 saturated heterocycles. The number of allylic oxidation sites excluding steroid dienone is 3. The molecule has 0 radical (unpaired) electrons. The second-order valence-electron chi connectivity index (χ2n) is 9.17. The van der Waals surface area contributed by atoms with E-state index in [0.29, 0.717) is 46.9 Å². The molecule has 0 unspecified atom stereocenters. The topological polar surface area (TPSA) is 73.9 Å². The van der Waals surface area contributed by atoms with E-state index in [1.165, 1.54) is 12.1 Å². The van der Waals surface area contributed by atoms with Gasteiger partial charge in [0, 0.05) is 29.3 Å². The van der Waals surface area contributed by atoms with Crippen molar-refractivity contribution in [2.75, 3.05) is 20.8 Å². The minimum atomic E-state index is -0.616. The van der Waals surface area contributed by atoms with Crippen molar-refractivity contribution in [1.29, 1.82) is 0 Å². The maximum absolute atomic E-state index is 13.7. The molecular formula is C29H32FNO5. The van der Waals surface area contributed by atoms with E-state index in [4.69, 9.17) is 14.2 Å². The fourth-order valence-corrected chi connectivity index (χ4v) is 5.03. The minimum absolute atomic E-state index is 0.0516. The molecule has 2 atom stereocenters. The Balaban J connectivity index is 1.73. The van der Waals surface area contributed by atoms with Crippen LogP contribution in [-0.2, 0) is 14.3 Å². The summed E-state index contributed by atoms with van der Waals surface area (Å²) < 4.78 is 30.1. The first kappa shape index (κ1) is 25.5. The first-order valence-corrected chi connectivity index (χ1v) is 12.3. The predicted molar refractivity (Wildman–Crippen MR) is 134 cm³/mol. The zero-order chi connectivity index (χ0) is 25.8. The molecule has 2 aromatic rings. The number of benzene rings is 2. The summed E-state index contributed by atoms with van der Waals surface area (Å²) in [7, 11) is 3.17. The molecule has 0 bridgehead atoms. The third-order valence-electron chi connectivity index (χ3n) is 6.86. The van der Waals surface area contributed by atoms with Crippen molar-refractivity contribution in [1.82, 2.24) is 5.32 Å². The van der Waals surface area contributed by atoms with Gasteiger partial charge in [0.1, 0.15) is 5.82 Å². The molecule has 2 aliphatic rings. The van der Waals surface area contributed by atoms with Crippen LogP contribution < -0.4 is 14.8 Å². The molecule has 0 saturated carbocycles. The van der Waals surface area contributed by atoms with Crippen LogP contribution in [-0.4, -0.2) is 32.6 Å². The Labute approximate surface area is 211 Å². The predicted octanol–water partition coefficient (Wildman–Crippen LogP) is 5.55. The zero-order valence-electron chi connectivity index (χ0n) is 21.2. The van der Waals surface area contributed by atoms with Crippen LogP contribution in [0.25, 0.3) is 0 Å². The molecule has 190 valence electrons. The largest absolute Gasteiger partial charge is 0.493 e. The number of rotatable bonds is 8. The van der Waals surface area contributed by atoms with Crippen LogP contribution in [0.15, 0.2) is 65.0 Å². The Morgan fingerprint density at radius 2 is 1.72 bits per heavy atom. The minimum Gasteiger partial charge on any atom is -0.493 e. The average molecular weight is 494 g/mol. The van der Waals surface area contributed by atoms with E-state index in [9.17, 15) is 14.0 Å². The van der Waals surface area contributed by atoms with Crippen LogP contribution in [0.2, 0.25) is 0 Å². The van der Waals surface area contributed by atoms with Gasteiger partial charge in [-0.3, -0.25) is 4.79 Å². The standard InChI is InChI=1S/C29H32FNO5/c1-5-6-13-36-29(33)26-17(2)31-22-14-20(19-9-12-24(34-3)25(16-19)35-4)15-23(32)28(22)27(26)18-7-10-21(30)11-8-18/h7-12,16,20,27,31H,5-6,13-15H2,1-4H3/t20-,27-/m0/s1. The van der Waals surface area contributed by atoms with Crippen molar-refractivity contribution in [3.05, 3.63) is 81.9 Å². The maximum Gasteiger partial charge on any atom is 0.336 e. The van der Waals surface area contributed by atoms with E-state index in [2.05, 4.69) is 5.32 Å². The molecule has 4 rings (SSSR count). The highest BCUT2D eigenvalue weighted by atomic mass is 19.1. The lowest BCUT2D eigenvalue weighted by molar-refractivity contribution is -0.139. The lowest BCUT2D eigenvalue weighted by atomic mass is 9.71. The molecule has 1 aliphatic heterocycles. The van der Waals surface area contributed by atoms with Gasteiger partial charge in [-0.2, -0.15) is 0 Å². The fourth-order valence-electron chi connectivity index (χ4n) is 5.03. The second-order valence-corrected chi connectivity index (χ2v) is 9.17. The number of nitrogens with one attached hydrogen (secondary N) is 1. The van der Waals surface area contributed by atoms with E-state index in [-0.39, 0.29) is 23.9 Å². The number of unbranched alkanes of at least 4 members (excludes halogenated alkanes) is 1. The van der Waals surface area contributed by atoms with Gasteiger partial charge in [0.2, 0.25) is 0 Å². The highest BCUT2D eigenvalue weighted by Crippen LogP contribution is 2.46. The number of dihydropyridines is 1. The highest BCUT2D eigenvalue weighted by molar-refractivity contribution is 6.04. The number of methoxy groups -OCH3 is 2. The van der Waals surface area contributed by atoms with Crippen molar-refractivity contribution in [2.45, 2.75) is 51.4 Å². The highest BCUT2D eigenvalue weighted by Gasteiger charge is 2.41. The molecule has 0 fully saturated rings. The fraction of sp³-hybridized carbons (Fsp3) is 0.379. The second kappa shape index (κ2) is 11.0. The number of esters is 1. The van der Waals surface area contributed by atoms with Gasteiger partial charge in [-0.15, -0.1) is 0 Å². The zero-order valence-corrected chi connectivity index (χ0v) is 21.2. The van der Waals surface area contributed by atoms with Gasteiger partial charge < -0.3 is 19.5 Å². The monoisotopic (exact) mass is 493 g/mol. The number of carbonyl (C=O) groups excluding carboxylic acids is 2. The number of hydrogen-bond acceptors (Lipinski definition) is 6. The summed E-state index contributed by atoms with van der Waals surface area (Å²) >= 11 is 0. The lowest BCUT2D eigenvalue weighted by Crippen LogP contribution is -2.36. The van der Waals surface area contributed by atoms with Gasteiger partial charge >= 0.3 is 5.97 Å². The third-order valence-corrected chi connectivity index (χ3v) is 6.86. The quantitative estimate of drug-likeness (QED) is 0.384. The molecular weight excluding hydrogens is 461 g/mol. The molecule has 1 aliphatic carbocycles. The number of Topliss-reactive ketones (excluding diaryl/α,β-unsaturated/α-hetero) is 1. The molecule has 0 amide bonds. The van der Waals surface area contributed by atoms with Gasteiger partial charge in [0.25, 0.3) is 0 Å². The van der Waals surface area contributed by atoms with Crippen LogP contribution in [0.5, 0.6) is 11.5 Å². The summed E-state index contributed by atoms with van der Waals surface area (Å²) in [5, 5.41) is 3.34. The van der Waals surface area contributed by atoms with Crippen molar-refractivity contribution in [2.24, 2.45) is 0 Å². The Bertz CT molecular complexity index is 1210. The third kappa shape index (κ3) is 5.01. The average Bonchev–Trinajstić information content (AvgIpc) is 2.87. The Hall–Kier alpha value is -3.61. The summed E-state index contributed by atoms with van der Waals surface area (Å²) in [6.45, 7) is 4.15. The van der Waals surface area contributed by atoms with Crippen LogP contribution in [0.4, 0.5) is 4.39 Å². The van der Waals surface area contributed by atoms with Gasteiger partial charge in [0.05, 0.1) is 26.4 Å². The molecule has 1 heterocycles. The van der Waals surface area contributed by atoms with Gasteiger partial charge in [-0.1, -0.05) is 31.5 Å². The van der Waals surface area contributed by atoms with Crippen molar-refractivity contribution in [3.63, 3.8) is 0 Å². The summed E-state index contributed by atoms with van der Waals surface area (Å²) in [5.74, 6) is -0.332. The van der Waals surface area contributed by atoms with Crippen LogP contribution in [0.3, 0.4) is 0 Å². The van der Waals surface area contributed by atoms with Gasteiger partial charge in [-0.25, -0.2) is 9.18 Å². The van der Waals surface area contributed by atoms with E-state index < -0.39 is 11.9 Å². The SMILES string of the molecule is CCCCOC(=O)C1=C(C)NC2=C(C(=O)C[C@@H](c3ccc(OC)c(OC)c3)C2)[C@H]1c1ccc(F)cc1. The molecule has 0 aromatic heterocycles. The lowest BCUT2D eigenvalue weighted by Gasteiger charge is -2.36. The first-order valence-electron chi connectivity index (χ1n) is 12.3. The molecule has 0 spiro atoms. The summed E-state index contributed by atoms with van der Waals surface area (Å²) in [4.78, 5) is 26.9. The first-order chi connectivity index (χ1) is 17.4. The van der Waals surface area contributed by atoms with E-state index in [1.54, 1.807) is 26.4 Å². The van der Waals surface area contributed by atoms with Crippen molar-refractivity contribution >= 4 is 11.8 Å².